The monoisotopic (exact) mass is 567 g/mol. The average molecular weight is 568 g/mol. The summed E-state index contributed by atoms with van der Waals surface area (Å²) in [5.74, 6) is 0.985. The minimum absolute atomic E-state index is 0.0326. The number of Topliss-reactive ketones (excluding diaryl/α,β-unsaturated/α-hetero) is 1. The van der Waals surface area contributed by atoms with Crippen LogP contribution in [0.5, 0.6) is 11.5 Å². The number of amides is 1. The highest BCUT2D eigenvalue weighted by molar-refractivity contribution is 5.97. The Morgan fingerprint density at radius 3 is 2.46 bits per heavy atom. The van der Waals surface area contributed by atoms with Crippen LogP contribution in [0.2, 0.25) is 0 Å². The largest absolute Gasteiger partial charge is 0.451 e. The van der Waals surface area contributed by atoms with Crippen molar-refractivity contribution in [3.05, 3.63) is 42.1 Å². The summed E-state index contributed by atoms with van der Waals surface area (Å²) in [6.07, 6.45) is 8.13. The topological polar surface area (TPSA) is 88.1 Å². The van der Waals surface area contributed by atoms with Crippen LogP contribution in [0.15, 0.2) is 30.7 Å². The van der Waals surface area contributed by atoms with Gasteiger partial charge in [-0.05, 0) is 77.7 Å². The highest BCUT2D eigenvalue weighted by Crippen LogP contribution is 2.45. The molecule has 0 unspecified atom stereocenters. The van der Waals surface area contributed by atoms with E-state index in [1.165, 1.54) is 24.5 Å². The molecule has 1 aliphatic carbocycles. The van der Waals surface area contributed by atoms with Gasteiger partial charge in [0.1, 0.15) is 23.7 Å². The number of piperidine rings is 1. The molecule has 2 aromatic rings. The molecular formula is C31H42FN5O4. The summed E-state index contributed by atoms with van der Waals surface area (Å²) in [5, 5.41) is 0. The molecule has 1 spiro atoms. The summed E-state index contributed by atoms with van der Waals surface area (Å²) < 4.78 is 26.4. The van der Waals surface area contributed by atoms with Gasteiger partial charge in [-0.3, -0.25) is 9.59 Å². The van der Waals surface area contributed by atoms with E-state index >= 15 is 0 Å². The molecule has 9 nitrogen and oxygen atoms in total. The minimum atomic E-state index is -0.491. The molecule has 3 heterocycles. The molecule has 2 saturated heterocycles. The van der Waals surface area contributed by atoms with Crippen molar-refractivity contribution in [2.75, 3.05) is 51.3 Å². The quantitative estimate of drug-likeness (QED) is 0.431. The average Bonchev–Trinajstić information content (AvgIpc) is 2.95. The highest BCUT2D eigenvalue weighted by Gasteiger charge is 2.47. The van der Waals surface area contributed by atoms with Crippen molar-refractivity contribution in [1.29, 1.82) is 0 Å². The van der Waals surface area contributed by atoms with Crippen LogP contribution in [0, 0.1) is 11.2 Å². The normalized spacial score (nSPS) is 20.2. The fourth-order valence-electron chi connectivity index (χ4n) is 6.63. The Kier molecular flexibility index (Phi) is 8.61. The number of likely N-dealkylation sites (tertiary alicyclic amines) is 1. The second kappa shape index (κ2) is 12.0. The summed E-state index contributed by atoms with van der Waals surface area (Å²) in [6, 6.07) is 4.00. The molecular weight excluding hydrogens is 525 g/mol. The fourth-order valence-corrected chi connectivity index (χ4v) is 6.63. The van der Waals surface area contributed by atoms with E-state index in [2.05, 4.69) is 19.8 Å². The van der Waals surface area contributed by atoms with Crippen LogP contribution in [0.3, 0.4) is 0 Å². The van der Waals surface area contributed by atoms with Crippen LogP contribution in [-0.2, 0) is 9.53 Å². The van der Waals surface area contributed by atoms with Crippen LogP contribution in [-0.4, -0.2) is 89.5 Å². The molecule has 0 radical (unpaired) electrons. The van der Waals surface area contributed by atoms with E-state index in [9.17, 15) is 14.0 Å². The number of halogens is 1. The first kappa shape index (κ1) is 29.4. The van der Waals surface area contributed by atoms with Gasteiger partial charge in [-0.25, -0.2) is 14.4 Å². The van der Waals surface area contributed by atoms with Crippen molar-refractivity contribution in [2.45, 2.75) is 70.9 Å². The maximum atomic E-state index is 14.2. The van der Waals surface area contributed by atoms with E-state index < -0.39 is 5.82 Å². The van der Waals surface area contributed by atoms with Crippen LogP contribution in [0.25, 0.3) is 0 Å². The van der Waals surface area contributed by atoms with Gasteiger partial charge < -0.3 is 24.2 Å². The maximum Gasteiger partial charge on any atom is 0.257 e. The summed E-state index contributed by atoms with van der Waals surface area (Å²) in [7, 11) is 1.78. The number of benzene rings is 1. The molecule has 10 heteroatoms. The molecule has 1 aromatic heterocycles. The Balaban J connectivity index is 1.24. The summed E-state index contributed by atoms with van der Waals surface area (Å²) in [5.41, 5.74) is 0.192. The van der Waals surface area contributed by atoms with Crippen LogP contribution in [0.1, 0.15) is 69.7 Å². The van der Waals surface area contributed by atoms with Crippen molar-refractivity contribution in [2.24, 2.45) is 5.41 Å². The first-order chi connectivity index (χ1) is 19.7. The molecule has 3 fully saturated rings. The zero-order valence-corrected chi connectivity index (χ0v) is 24.7. The predicted molar refractivity (Wildman–Crippen MR) is 154 cm³/mol. The molecule has 5 rings (SSSR count). The first-order valence-electron chi connectivity index (χ1n) is 14.8. The van der Waals surface area contributed by atoms with Gasteiger partial charge in [-0.2, -0.15) is 0 Å². The number of carbonyl (C=O) groups is 2. The van der Waals surface area contributed by atoms with Gasteiger partial charge in [0, 0.05) is 57.6 Å². The van der Waals surface area contributed by atoms with Gasteiger partial charge in [0.2, 0.25) is 0 Å². The Labute approximate surface area is 242 Å². The molecule has 0 bridgehead atoms. The lowest BCUT2D eigenvalue weighted by molar-refractivity contribution is -0.129. The van der Waals surface area contributed by atoms with Gasteiger partial charge in [-0.1, -0.05) is 0 Å². The lowest BCUT2D eigenvalue weighted by atomic mass is 9.71. The number of aromatic nitrogens is 2. The van der Waals surface area contributed by atoms with Gasteiger partial charge in [0.05, 0.1) is 17.4 Å². The summed E-state index contributed by atoms with van der Waals surface area (Å²) in [4.78, 5) is 40.1. The molecule has 3 aliphatic rings. The number of methoxy groups -OCH3 is 1. The van der Waals surface area contributed by atoms with Crippen molar-refractivity contribution in [1.82, 2.24) is 19.8 Å². The molecule has 1 amide bonds. The van der Waals surface area contributed by atoms with Gasteiger partial charge >= 0.3 is 0 Å². The lowest BCUT2D eigenvalue weighted by Crippen LogP contribution is -2.61. The van der Waals surface area contributed by atoms with Crippen LogP contribution >= 0.6 is 0 Å². The number of anilines is 1. The number of nitrogens with zero attached hydrogens (tertiary/aromatic N) is 5. The zero-order valence-electron chi connectivity index (χ0n) is 24.7. The molecule has 41 heavy (non-hydrogen) atoms. The predicted octanol–water partition coefficient (Wildman–Crippen LogP) is 4.71. The Morgan fingerprint density at radius 1 is 1.12 bits per heavy atom. The minimum Gasteiger partial charge on any atom is -0.451 e. The SMILES string of the molecule is CCN(C(=O)c1cc(F)ccc1Oc1cncnc1N1CC2(CCN(CC3(OC)CCC(=O)CC3)CC2)C1)C(C)C. The van der Waals surface area contributed by atoms with E-state index in [4.69, 9.17) is 9.47 Å². The van der Waals surface area contributed by atoms with Crippen molar-refractivity contribution >= 4 is 17.5 Å². The number of hydrogen-bond acceptors (Lipinski definition) is 8. The fraction of sp³-hybridized carbons (Fsp3) is 0.613. The van der Waals surface area contributed by atoms with Crippen molar-refractivity contribution < 1.29 is 23.5 Å². The zero-order chi connectivity index (χ0) is 29.2. The third-order valence-corrected chi connectivity index (χ3v) is 9.21. The second-order valence-electron chi connectivity index (χ2n) is 12.2. The van der Waals surface area contributed by atoms with Gasteiger partial charge in [0.25, 0.3) is 5.91 Å². The van der Waals surface area contributed by atoms with E-state index in [1.54, 1.807) is 18.2 Å². The van der Waals surface area contributed by atoms with Crippen molar-refractivity contribution in [3.63, 3.8) is 0 Å². The van der Waals surface area contributed by atoms with E-state index in [0.717, 1.165) is 58.4 Å². The van der Waals surface area contributed by atoms with Crippen LogP contribution < -0.4 is 9.64 Å². The lowest BCUT2D eigenvalue weighted by Gasteiger charge is -2.55. The molecule has 0 atom stereocenters. The van der Waals surface area contributed by atoms with E-state index in [-0.39, 0.29) is 34.3 Å². The standard InChI is InChI=1S/C31H42FN5O4/c1-5-37(22(2)3)29(39)25-16-23(32)6-7-26(25)41-27-17-33-21-34-28(27)36-18-30(19-36)12-14-35(15-13-30)20-31(40-4)10-8-24(38)9-11-31/h6-7,16-17,21-22H,5,8-15,18-20H2,1-4H3. The van der Waals surface area contributed by atoms with Gasteiger partial charge in [0.15, 0.2) is 11.6 Å². The van der Waals surface area contributed by atoms with E-state index in [0.29, 0.717) is 36.7 Å². The highest BCUT2D eigenvalue weighted by atomic mass is 19.1. The molecule has 0 N–H and O–H groups in total. The maximum absolute atomic E-state index is 14.2. The number of rotatable bonds is 9. The number of carbonyl (C=O) groups excluding carboxylic acids is 2. The third-order valence-electron chi connectivity index (χ3n) is 9.21. The van der Waals surface area contributed by atoms with Gasteiger partial charge in [-0.15, -0.1) is 0 Å². The Hall–Kier alpha value is -3.11. The Morgan fingerprint density at radius 2 is 1.83 bits per heavy atom. The first-order valence-corrected chi connectivity index (χ1v) is 14.8. The molecule has 1 aromatic carbocycles. The molecule has 222 valence electrons. The number of ether oxygens (including phenoxy) is 2. The number of hydrogen-bond donors (Lipinski definition) is 0. The summed E-state index contributed by atoms with van der Waals surface area (Å²) >= 11 is 0. The molecule has 2 aliphatic heterocycles. The van der Waals surface area contributed by atoms with E-state index in [1.807, 2.05) is 20.8 Å². The second-order valence-corrected chi connectivity index (χ2v) is 12.2. The number of ketones is 1. The van der Waals surface area contributed by atoms with Crippen molar-refractivity contribution in [3.8, 4) is 11.5 Å². The molecule has 1 saturated carbocycles. The summed E-state index contributed by atoms with van der Waals surface area (Å²) in [6.45, 7) is 10.9. The Bertz CT molecular complexity index is 1240. The third kappa shape index (κ3) is 6.23. The smallest absolute Gasteiger partial charge is 0.257 e. The van der Waals surface area contributed by atoms with Crippen LogP contribution in [0.4, 0.5) is 10.2 Å².